The first-order valence-corrected chi connectivity index (χ1v) is 10.5. The second-order valence-corrected chi connectivity index (χ2v) is 7.51. The monoisotopic (exact) mass is 394 g/mol. The third kappa shape index (κ3) is 5.25. The Hall–Kier alpha value is -1.03. The SMILES string of the molecule is CCCCCCOC1(c2nn(P(=O)(OOCC)OOCC)c(=O)o2)CC1. The van der Waals surface area contributed by atoms with Crippen LogP contribution in [0.25, 0.3) is 0 Å². The lowest BCUT2D eigenvalue weighted by atomic mass is 10.2. The predicted octanol–water partition coefficient (Wildman–Crippen LogP) is 3.31. The van der Waals surface area contributed by atoms with Crippen molar-refractivity contribution in [2.45, 2.75) is 64.9 Å². The van der Waals surface area contributed by atoms with Gasteiger partial charge in [-0.25, -0.2) is 19.1 Å². The zero-order valence-electron chi connectivity index (χ0n) is 15.5. The summed E-state index contributed by atoms with van der Waals surface area (Å²) in [5.41, 5.74) is -0.751. The number of nitrogens with zero attached hydrogens (tertiary/aromatic N) is 2. The highest BCUT2D eigenvalue weighted by molar-refractivity contribution is 7.51. The molecule has 11 heteroatoms. The van der Waals surface area contributed by atoms with Gasteiger partial charge in [0.2, 0.25) is 0 Å². The highest BCUT2D eigenvalue weighted by Crippen LogP contribution is 2.51. The van der Waals surface area contributed by atoms with Gasteiger partial charge in [0.1, 0.15) is 5.60 Å². The molecule has 0 atom stereocenters. The highest BCUT2D eigenvalue weighted by Gasteiger charge is 2.52. The van der Waals surface area contributed by atoms with E-state index in [1.807, 2.05) is 0 Å². The standard InChI is InChI=1S/C15H27N2O8P/c1-4-7-8-9-12-20-15(10-11-15)13-16-17(14(18)23-13)26(19,24-21-5-2)25-22-6-3/h4-12H2,1-3H3. The molecule has 0 aromatic carbocycles. The third-order valence-corrected chi connectivity index (χ3v) is 5.07. The Bertz CT molecular complexity index is 642. The number of hydrogen-bond acceptors (Lipinski definition) is 9. The average molecular weight is 394 g/mol. The Labute approximate surface area is 152 Å². The molecular weight excluding hydrogens is 367 g/mol. The van der Waals surface area contributed by atoms with Gasteiger partial charge in [-0.3, -0.25) is 0 Å². The normalized spacial score (nSPS) is 16.1. The topological polar surface area (TPSA) is 111 Å². The molecule has 1 saturated carbocycles. The average Bonchev–Trinajstić information content (AvgIpc) is 3.32. The van der Waals surface area contributed by atoms with Crippen LogP contribution >= 0.6 is 7.75 Å². The molecule has 10 nitrogen and oxygen atoms in total. The summed E-state index contributed by atoms with van der Waals surface area (Å²) < 4.78 is 33.7. The summed E-state index contributed by atoms with van der Waals surface area (Å²) in [7, 11) is -4.30. The van der Waals surface area contributed by atoms with Crippen molar-refractivity contribution < 1.29 is 32.8 Å². The van der Waals surface area contributed by atoms with Crippen molar-refractivity contribution in [3.05, 3.63) is 16.4 Å². The van der Waals surface area contributed by atoms with Gasteiger partial charge in [-0.1, -0.05) is 30.6 Å². The molecule has 0 unspecified atom stereocenters. The largest absolute Gasteiger partial charge is 0.515 e. The second-order valence-electron chi connectivity index (χ2n) is 5.90. The van der Waals surface area contributed by atoms with Crippen LogP contribution in [0.1, 0.15) is 65.2 Å². The molecule has 150 valence electrons. The van der Waals surface area contributed by atoms with E-state index in [1.54, 1.807) is 13.8 Å². The summed E-state index contributed by atoms with van der Waals surface area (Å²) in [5, 5.41) is 3.98. The van der Waals surface area contributed by atoms with Crippen molar-refractivity contribution >= 4 is 7.75 Å². The number of ether oxygens (including phenoxy) is 1. The van der Waals surface area contributed by atoms with Crippen LogP contribution in [0.5, 0.6) is 0 Å². The van der Waals surface area contributed by atoms with Crippen LogP contribution in [0.2, 0.25) is 0 Å². The van der Waals surface area contributed by atoms with Crippen LogP contribution < -0.4 is 5.76 Å². The molecule has 2 rings (SSSR count). The van der Waals surface area contributed by atoms with Crippen molar-refractivity contribution in [1.82, 2.24) is 9.55 Å². The van der Waals surface area contributed by atoms with Gasteiger partial charge in [-0.15, -0.1) is 14.4 Å². The number of aromatic nitrogens is 2. The van der Waals surface area contributed by atoms with Crippen LogP contribution in [0.4, 0.5) is 0 Å². The Morgan fingerprint density at radius 3 is 2.31 bits per heavy atom. The van der Waals surface area contributed by atoms with Crippen LogP contribution in [0, 0.1) is 0 Å². The number of unbranched alkanes of at least 4 members (excludes halogenated alkanes) is 3. The van der Waals surface area contributed by atoms with E-state index in [9.17, 15) is 9.36 Å². The first-order valence-electron chi connectivity index (χ1n) is 8.99. The van der Waals surface area contributed by atoms with Gasteiger partial charge in [-0.05, 0) is 33.1 Å². The smallest absolute Gasteiger partial charge is 0.389 e. The van der Waals surface area contributed by atoms with E-state index in [2.05, 4.69) is 21.8 Å². The van der Waals surface area contributed by atoms with Crippen LogP contribution in [-0.2, 0) is 34.0 Å². The summed E-state index contributed by atoms with van der Waals surface area (Å²) in [5.74, 6) is -0.943. The molecule has 0 bridgehead atoms. The Balaban J connectivity index is 2.11. The fraction of sp³-hybridized carbons (Fsp3) is 0.867. The quantitative estimate of drug-likeness (QED) is 0.203. The molecule has 1 aromatic rings. The van der Waals surface area contributed by atoms with E-state index < -0.39 is 19.1 Å². The minimum absolute atomic E-state index is 0.0541. The first-order chi connectivity index (χ1) is 12.5. The van der Waals surface area contributed by atoms with Gasteiger partial charge < -0.3 is 9.15 Å². The van der Waals surface area contributed by atoms with E-state index in [4.69, 9.17) is 18.5 Å². The lowest BCUT2D eigenvalue weighted by Crippen LogP contribution is -2.18. The molecule has 1 heterocycles. The summed E-state index contributed by atoms with van der Waals surface area (Å²) in [6.45, 7) is 6.09. The van der Waals surface area contributed by atoms with Crippen molar-refractivity contribution in [1.29, 1.82) is 0 Å². The molecule has 0 N–H and O–H groups in total. The minimum atomic E-state index is -4.30. The first kappa shape index (κ1) is 21.3. The zero-order valence-corrected chi connectivity index (χ0v) is 16.4. The maximum atomic E-state index is 12.8. The van der Waals surface area contributed by atoms with Crippen molar-refractivity contribution in [2.75, 3.05) is 19.8 Å². The molecule has 0 saturated heterocycles. The molecule has 26 heavy (non-hydrogen) atoms. The van der Waals surface area contributed by atoms with E-state index in [0.29, 0.717) is 23.9 Å². The van der Waals surface area contributed by atoms with Crippen LogP contribution in [0.3, 0.4) is 0 Å². The van der Waals surface area contributed by atoms with Crippen LogP contribution in [-0.4, -0.2) is 29.4 Å². The van der Waals surface area contributed by atoms with E-state index >= 15 is 0 Å². The Morgan fingerprint density at radius 1 is 1.12 bits per heavy atom. The lowest BCUT2D eigenvalue weighted by molar-refractivity contribution is -0.265. The lowest BCUT2D eigenvalue weighted by Gasteiger charge is -2.14. The van der Waals surface area contributed by atoms with E-state index in [-0.39, 0.29) is 19.1 Å². The van der Waals surface area contributed by atoms with Crippen molar-refractivity contribution in [3.8, 4) is 0 Å². The highest BCUT2D eigenvalue weighted by atomic mass is 31.2. The molecule has 1 aromatic heterocycles. The molecule has 0 amide bonds. The Morgan fingerprint density at radius 2 is 1.77 bits per heavy atom. The minimum Gasteiger partial charge on any atom is -0.389 e. The van der Waals surface area contributed by atoms with Gasteiger partial charge in [0.15, 0.2) is 0 Å². The summed E-state index contributed by atoms with van der Waals surface area (Å²) in [6.07, 6.45) is 5.62. The fourth-order valence-electron chi connectivity index (χ4n) is 2.25. The molecular formula is C15H27N2O8P. The Kier molecular flexibility index (Phi) is 8.00. The molecule has 1 aliphatic rings. The van der Waals surface area contributed by atoms with Crippen molar-refractivity contribution in [2.24, 2.45) is 0 Å². The van der Waals surface area contributed by atoms with Gasteiger partial charge in [-0.2, -0.15) is 0 Å². The van der Waals surface area contributed by atoms with E-state index in [0.717, 1.165) is 25.7 Å². The molecule has 1 fully saturated rings. The summed E-state index contributed by atoms with van der Waals surface area (Å²) in [4.78, 5) is 21.5. The van der Waals surface area contributed by atoms with Crippen molar-refractivity contribution in [3.63, 3.8) is 0 Å². The molecule has 1 aliphatic carbocycles. The maximum absolute atomic E-state index is 12.8. The van der Waals surface area contributed by atoms with Gasteiger partial charge in [0.05, 0.1) is 13.2 Å². The zero-order chi connectivity index (χ0) is 19.0. The number of rotatable bonds is 14. The molecule has 0 spiro atoms. The second kappa shape index (κ2) is 9.77. The summed E-state index contributed by atoms with van der Waals surface area (Å²) in [6, 6.07) is 0. The molecule has 0 aliphatic heterocycles. The van der Waals surface area contributed by atoms with Gasteiger partial charge >= 0.3 is 13.5 Å². The maximum Gasteiger partial charge on any atom is 0.515 e. The predicted molar refractivity (Wildman–Crippen MR) is 90.2 cm³/mol. The van der Waals surface area contributed by atoms with Gasteiger partial charge in [0.25, 0.3) is 5.89 Å². The van der Waals surface area contributed by atoms with Crippen LogP contribution in [0.15, 0.2) is 9.21 Å². The third-order valence-electron chi connectivity index (χ3n) is 3.76. The van der Waals surface area contributed by atoms with Gasteiger partial charge in [0, 0.05) is 6.61 Å². The fourth-order valence-corrected chi connectivity index (χ4v) is 3.31. The molecule has 0 radical (unpaired) electrons. The number of hydrogen-bond donors (Lipinski definition) is 0. The summed E-state index contributed by atoms with van der Waals surface area (Å²) >= 11 is 0. The van der Waals surface area contributed by atoms with E-state index in [1.165, 1.54) is 0 Å².